The van der Waals surface area contributed by atoms with E-state index in [2.05, 4.69) is 0 Å². The van der Waals surface area contributed by atoms with Crippen molar-refractivity contribution >= 4 is 5.97 Å². The van der Waals surface area contributed by atoms with Crippen molar-refractivity contribution in [3.63, 3.8) is 0 Å². The van der Waals surface area contributed by atoms with Gasteiger partial charge in [0.15, 0.2) is 0 Å². The fraction of sp³-hybridized carbons (Fsp3) is 0.269. The summed E-state index contributed by atoms with van der Waals surface area (Å²) < 4.78 is 60.2. The van der Waals surface area contributed by atoms with E-state index >= 15 is 0 Å². The van der Waals surface area contributed by atoms with Crippen molar-refractivity contribution in [2.45, 2.75) is 31.7 Å². The quantitative estimate of drug-likeness (QED) is 0.251. The first-order valence-electron chi connectivity index (χ1n) is 10.5. The van der Waals surface area contributed by atoms with Crippen LogP contribution >= 0.6 is 0 Å². The molecule has 0 fully saturated rings. The minimum absolute atomic E-state index is 0.260. The normalized spacial score (nSPS) is 13.1. The van der Waals surface area contributed by atoms with Gasteiger partial charge in [-0.1, -0.05) is 30.3 Å². The molecule has 0 aliphatic carbocycles. The molecule has 3 aromatic rings. The molecule has 0 spiro atoms. The second-order valence-electron chi connectivity index (χ2n) is 7.71. The van der Waals surface area contributed by atoms with Crippen LogP contribution in [0, 0.1) is 0 Å². The molecular formula is C26H25F3O5. The van der Waals surface area contributed by atoms with Gasteiger partial charge in [-0.2, -0.15) is 13.2 Å². The maximum atomic E-state index is 12.7. The Morgan fingerprint density at radius 2 is 1.38 bits per heavy atom. The fourth-order valence-corrected chi connectivity index (χ4v) is 3.13. The van der Waals surface area contributed by atoms with E-state index in [1.165, 1.54) is 19.2 Å². The number of esters is 1. The summed E-state index contributed by atoms with van der Waals surface area (Å²) >= 11 is 0. The molecule has 0 saturated carbocycles. The molecule has 1 atom stereocenters. The van der Waals surface area contributed by atoms with Crippen molar-refractivity contribution < 1.29 is 36.9 Å². The van der Waals surface area contributed by atoms with Gasteiger partial charge in [0.05, 0.1) is 25.9 Å². The van der Waals surface area contributed by atoms with E-state index in [9.17, 15) is 18.0 Å². The van der Waals surface area contributed by atoms with Crippen LogP contribution in [0.15, 0.2) is 78.9 Å². The third-order valence-corrected chi connectivity index (χ3v) is 5.04. The number of carbonyl (C=O) groups is 1. The standard InChI is InChI=1S/C26H25F3O5/c1-25(24(30)31-2,16-17-32-18-19-6-4-3-5-7-19)34-23-14-12-22(13-15-23)33-21-10-8-20(9-11-21)26(27,28)29/h3-15H,16-18H2,1-2H3. The summed E-state index contributed by atoms with van der Waals surface area (Å²) in [6, 6.07) is 20.5. The lowest BCUT2D eigenvalue weighted by Crippen LogP contribution is -2.43. The summed E-state index contributed by atoms with van der Waals surface area (Å²) in [6.07, 6.45) is -4.15. The molecule has 0 aliphatic heterocycles. The van der Waals surface area contributed by atoms with Crippen molar-refractivity contribution in [2.75, 3.05) is 13.7 Å². The lowest BCUT2D eigenvalue weighted by atomic mass is 10.0. The Morgan fingerprint density at radius 1 is 0.824 bits per heavy atom. The van der Waals surface area contributed by atoms with Crippen LogP contribution in [0.25, 0.3) is 0 Å². The van der Waals surface area contributed by atoms with Crippen molar-refractivity contribution in [3.8, 4) is 17.2 Å². The second-order valence-corrected chi connectivity index (χ2v) is 7.71. The first-order valence-corrected chi connectivity index (χ1v) is 10.5. The first-order chi connectivity index (χ1) is 16.2. The Morgan fingerprint density at radius 3 is 1.94 bits per heavy atom. The van der Waals surface area contributed by atoms with Crippen molar-refractivity contribution in [1.29, 1.82) is 0 Å². The van der Waals surface area contributed by atoms with Gasteiger partial charge in [0, 0.05) is 6.42 Å². The van der Waals surface area contributed by atoms with Crippen LogP contribution in [0.3, 0.4) is 0 Å². The molecule has 180 valence electrons. The number of ether oxygens (including phenoxy) is 4. The number of hydrogen-bond acceptors (Lipinski definition) is 5. The molecule has 0 aliphatic rings. The predicted molar refractivity (Wildman–Crippen MR) is 120 cm³/mol. The van der Waals surface area contributed by atoms with Gasteiger partial charge in [-0.25, -0.2) is 4.79 Å². The van der Waals surface area contributed by atoms with Crippen LogP contribution in [0.5, 0.6) is 17.2 Å². The number of carbonyl (C=O) groups excluding carboxylic acids is 1. The Kier molecular flexibility index (Phi) is 8.17. The predicted octanol–water partition coefficient (Wildman–Crippen LogP) is 6.42. The highest BCUT2D eigenvalue weighted by atomic mass is 19.4. The van der Waals surface area contributed by atoms with Crippen LogP contribution in [-0.4, -0.2) is 25.3 Å². The molecule has 1 unspecified atom stereocenters. The molecule has 8 heteroatoms. The summed E-state index contributed by atoms with van der Waals surface area (Å²) in [5.41, 5.74) is -1.01. The van der Waals surface area contributed by atoms with E-state index in [-0.39, 0.29) is 18.8 Å². The Bertz CT molecular complexity index is 1050. The summed E-state index contributed by atoms with van der Waals surface area (Å²) in [5.74, 6) is 0.520. The molecular weight excluding hydrogens is 449 g/mol. The maximum absolute atomic E-state index is 12.7. The van der Waals surface area contributed by atoms with Gasteiger partial charge in [0.1, 0.15) is 17.2 Å². The Labute approximate surface area is 196 Å². The molecule has 0 amide bonds. The summed E-state index contributed by atoms with van der Waals surface area (Å²) in [6.45, 7) is 2.31. The monoisotopic (exact) mass is 474 g/mol. The average molecular weight is 474 g/mol. The van der Waals surface area contributed by atoms with Gasteiger partial charge in [-0.15, -0.1) is 0 Å². The zero-order chi connectivity index (χ0) is 24.6. The zero-order valence-electron chi connectivity index (χ0n) is 18.8. The Balaban J connectivity index is 1.59. The lowest BCUT2D eigenvalue weighted by Gasteiger charge is -2.28. The highest BCUT2D eigenvalue weighted by Gasteiger charge is 2.37. The summed E-state index contributed by atoms with van der Waals surface area (Å²) in [7, 11) is 1.29. The van der Waals surface area contributed by atoms with Crippen LogP contribution < -0.4 is 9.47 Å². The van der Waals surface area contributed by atoms with E-state index in [1.807, 2.05) is 30.3 Å². The van der Waals surface area contributed by atoms with Crippen molar-refractivity contribution in [3.05, 3.63) is 90.0 Å². The largest absolute Gasteiger partial charge is 0.476 e. The third kappa shape index (κ3) is 6.99. The Hall–Kier alpha value is -3.52. The van der Waals surface area contributed by atoms with Gasteiger partial charge < -0.3 is 18.9 Å². The minimum atomic E-state index is -4.41. The molecule has 3 rings (SSSR count). The van der Waals surface area contributed by atoms with E-state index in [4.69, 9.17) is 18.9 Å². The summed E-state index contributed by atoms with van der Waals surface area (Å²) in [5, 5.41) is 0. The SMILES string of the molecule is COC(=O)C(C)(CCOCc1ccccc1)Oc1ccc(Oc2ccc(C(F)(F)F)cc2)cc1. The first kappa shape index (κ1) is 25.1. The molecule has 0 heterocycles. The third-order valence-electron chi connectivity index (χ3n) is 5.04. The molecule has 0 N–H and O–H groups in total. The molecule has 0 saturated heterocycles. The van der Waals surface area contributed by atoms with Gasteiger partial charge in [-0.05, 0) is 61.0 Å². The van der Waals surface area contributed by atoms with Crippen LogP contribution in [0.1, 0.15) is 24.5 Å². The number of alkyl halides is 3. The zero-order valence-corrected chi connectivity index (χ0v) is 18.8. The van der Waals surface area contributed by atoms with Crippen LogP contribution in [0.4, 0.5) is 13.2 Å². The summed E-state index contributed by atoms with van der Waals surface area (Å²) in [4.78, 5) is 12.4. The topological polar surface area (TPSA) is 54.0 Å². The van der Waals surface area contributed by atoms with Crippen LogP contribution in [0.2, 0.25) is 0 Å². The number of halogens is 3. The van der Waals surface area contributed by atoms with E-state index < -0.39 is 23.3 Å². The van der Waals surface area contributed by atoms with E-state index in [1.54, 1.807) is 31.2 Å². The maximum Gasteiger partial charge on any atom is 0.416 e. The van der Waals surface area contributed by atoms with Gasteiger partial charge in [0.2, 0.25) is 5.60 Å². The highest BCUT2D eigenvalue weighted by molar-refractivity contribution is 5.79. The van der Waals surface area contributed by atoms with Gasteiger partial charge in [-0.3, -0.25) is 0 Å². The van der Waals surface area contributed by atoms with Crippen molar-refractivity contribution in [1.82, 2.24) is 0 Å². The molecule has 0 aromatic heterocycles. The number of rotatable bonds is 10. The molecule has 3 aromatic carbocycles. The molecule has 5 nitrogen and oxygen atoms in total. The number of methoxy groups -OCH3 is 1. The number of benzene rings is 3. The smallest absolute Gasteiger partial charge is 0.416 e. The number of hydrogen-bond donors (Lipinski definition) is 0. The lowest BCUT2D eigenvalue weighted by molar-refractivity contribution is -0.159. The highest BCUT2D eigenvalue weighted by Crippen LogP contribution is 2.32. The van der Waals surface area contributed by atoms with Crippen molar-refractivity contribution in [2.24, 2.45) is 0 Å². The molecule has 0 bridgehead atoms. The van der Waals surface area contributed by atoms with E-state index in [0.717, 1.165) is 17.7 Å². The van der Waals surface area contributed by atoms with Crippen LogP contribution in [-0.2, 0) is 27.1 Å². The van der Waals surface area contributed by atoms with Gasteiger partial charge in [0.25, 0.3) is 0 Å². The average Bonchev–Trinajstić information content (AvgIpc) is 2.83. The van der Waals surface area contributed by atoms with Gasteiger partial charge >= 0.3 is 12.1 Å². The molecule has 34 heavy (non-hydrogen) atoms. The molecule has 0 radical (unpaired) electrons. The second kappa shape index (κ2) is 11.1. The fourth-order valence-electron chi connectivity index (χ4n) is 3.13. The minimum Gasteiger partial charge on any atom is -0.476 e. The van der Waals surface area contributed by atoms with E-state index in [0.29, 0.717) is 18.1 Å².